The van der Waals surface area contributed by atoms with Gasteiger partial charge in [0.25, 0.3) is 11.5 Å². The van der Waals surface area contributed by atoms with Crippen molar-refractivity contribution in [2.45, 2.75) is 4.55 Å². The number of nitrogens with zero attached hydrogens (tertiary/aromatic N) is 1. The highest BCUT2D eigenvalue weighted by Gasteiger charge is 2.20. The number of hydrogen-bond acceptors (Lipinski definition) is 5. The van der Waals surface area contributed by atoms with Crippen LogP contribution in [0.3, 0.4) is 0 Å². The molecule has 1 aromatic heterocycles. The molecule has 0 aliphatic carbocycles. The van der Waals surface area contributed by atoms with E-state index in [9.17, 15) is 14.0 Å². The van der Waals surface area contributed by atoms with Crippen LogP contribution in [-0.2, 0) is 9.39 Å². The van der Waals surface area contributed by atoms with E-state index in [1.165, 1.54) is 22.8 Å². The second-order valence-corrected chi connectivity index (χ2v) is 7.19. The van der Waals surface area contributed by atoms with Crippen LogP contribution in [0.4, 0.5) is 15.9 Å². The third kappa shape index (κ3) is 5.06. The van der Waals surface area contributed by atoms with Crippen LogP contribution in [0.5, 0.6) is 0 Å². The molecule has 0 unspecified atom stereocenters. The van der Waals surface area contributed by atoms with Gasteiger partial charge in [0.15, 0.2) is 0 Å². The van der Waals surface area contributed by atoms with Crippen LogP contribution >= 0.6 is 56.8 Å². The number of hydrogen-bond donors (Lipinski definition) is 3. The molecule has 0 spiro atoms. The Hall–Kier alpha value is -0.960. The Kier molecular flexibility index (Phi) is 8.06. The summed E-state index contributed by atoms with van der Waals surface area (Å²) in [7, 11) is 0. The highest BCUT2D eigenvalue weighted by Crippen LogP contribution is 2.26. The molecule has 2 rings (SSSR count). The van der Waals surface area contributed by atoms with Gasteiger partial charge < -0.3 is 10.4 Å². The van der Waals surface area contributed by atoms with Crippen molar-refractivity contribution >= 4 is 74.2 Å². The van der Waals surface area contributed by atoms with E-state index in [0.717, 1.165) is 0 Å². The quantitative estimate of drug-likeness (QED) is 0.195. The molecule has 1 aromatic carbocycles. The van der Waals surface area contributed by atoms with E-state index in [0.29, 0.717) is 3.57 Å². The molecule has 7 nitrogen and oxygen atoms in total. The summed E-state index contributed by atoms with van der Waals surface area (Å²) in [6.45, 7) is -0.396. The predicted molar refractivity (Wildman–Crippen MR) is 113 cm³/mol. The summed E-state index contributed by atoms with van der Waals surface area (Å²) in [5.74, 6) is -1.17. The molecule has 1 amide bonds. The van der Waals surface area contributed by atoms with Gasteiger partial charge in [-0.1, -0.05) is 34.2 Å². The van der Waals surface area contributed by atoms with Crippen molar-refractivity contribution in [3.8, 4) is 0 Å². The van der Waals surface area contributed by atoms with E-state index in [-0.39, 0.29) is 39.9 Å². The van der Waals surface area contributed by atoms with Crippen molar-refractivity contribution in [1.82, 2.24) is 10.0 Å². The number of anilines is 2. The molecule has 3 N–H and O–H groups in total. The van der Waals surface area contributed by atoms with Crippen LogP contribution in [0.1, 0.15) is 10.4 Å². The number of aromatic nitrogens is 1. The molecule has 26 heavy (non-hydrogen) atoms. The fourth-order valence-electron chi connectivity index (χ4n) is 1.99. The smallest absolute Gasteiger partial charge is 0.278 e. The lowest BCUT2D eigenvalue weighted by Gasteiger charge is -2.18. The highest BCUT2D eigenvalue weighted by molar-refractivity contribution is 14.1. The lowest BCUT2D eigenvalue weighted by molar-refractivity contribution is 0.0168. The monoisotopic (exact) mass is 607 g/mol. The number of aliphatic hydroxyl groups excluding tert-OH is 1. The zero-order chi connectivity index (χ0) is 19.3. The van der Waals surface area contributed by atoms with E-state index in [4.69, 9.17) is 21.5 Å². The molecular weight excluding hydrogens is 594 g/mol. The molecule has 140 valence electrons. The van der Waals surface area contributed by atoms with Crippen molar-refractivity contribution in [3.63, 3.8) is 0 Å². The maximum atomic E-state index is 14.2. The van der Waals surface area contributed by atoms with E-state index >= 15 is 0 Å². The van der Waals surface area contributed by atoms with E-state index < -0.39 is 17.3 Å². The number of halogens is 4. The molecule has 1 heterocycles. The molecule has 2 aromatic rings. The summed E-state index contributed by atoms with van der Waals surface area (Å²) in [4.78, 5) is 29.5. The maximum absolute atomic E-state index is 14.2. The molecule has 0 bridgehead atoms. The number of benzene rings is 1. The number of amides is 1. The highest BCUT2D eigenvalue weighted by atomic mass is 127. The van der Waals surface area contributed by atoms with Crippen molar-refractivity contribution in [2.24, 2.45) is 0 Å². The van der Waals surface area contributed by atoms with Crippen LogP contribution in [0.2, 0.25) is 5.02 Å². The Morgan fingerprint density at radius 1 is 1.38 bits per heavy atom. The first kappa shape index (κ1) is 21.3. The zero-order valence-electron chi connectivity index (χ0n) is 13.1. The van der Waals surface area contributed by atoms with Gasteiger partial charge in [0.05, 0.1) is 29.0 Å². The third-order valence-electron chi connectivity index (χ3n) is 3.15. The van der Waals surface area contributed by atoms with Crippen molar-refractivity contribution in [2.75, 3.05) is 18.5 Å². The second-order valence-electron chi connectivity index (χ2n) is 4.86. The van der Waals surface area contributed by atoms with Gasteiger partial charge in [-0.15, -0.1) is 0 Å². The SMILES string of the molecule is O=C(NOCCO)c1cc(Cl)c(=O)n(CI)c1Nc1ccc(I)cc1F. The van der Waals surface area contributed by atoms with Crippen LogP contribution in [0.25, 0.3) is 0 Å². The Bertz CT molecular complexity index is 879. The molecule has 0 fully saturated rings. The number of alkyl halides is 1. The molecular formula is C15H13ClFI2N3O4. The predicted octanol–water partition coefficient (Wildman–Crippen LogP) is 3.04. The van der Waals surface area contributed by atoms with E-state index in [1.807, 2.05) is 45.2 Å². The summed E-state index contributed by atoms with van der Waals surface area (Å²) in [6.07, 6.45) is 0. The molecule has 0 saturated heterocycles. The first-order chi connectivity index (χ1) is 12.4. The standard InChI is InChI=1S/C15H13ClFI2N3O4/c16-10-6-9(14(24)21-26-4-3-23)13(22(7-18)15(10)25)20-12-2-1-8(19)5-11(12)17/h1-2,5-6,20,23H,3-4,7H2,(H,21,24). The molecule has 11 heteroatoms. The normalized spacial score (nSPS) is 10.7. The van der Waals surface area contributed by atoms with E-state index in [1.54, 1.807) is 6.07 Å². The van der Waals surface area contributed by atoms with Gasteiger partial charge in [-0.2, -0.15) is 0 Å². The molecule has 0 radical (unpaired) electrons. The molecule has 0 aliphatic rings. The van der Waals surface area contributed by atoms with Crippen LogP contribution in [0.15, 0.2) is 29.1 Å². The number of carbonyl (C=O) groups is 1. The van der Waals surface area contributed by atoms with Crippen LogP contribution < -0.4 is 16.4 Å². The topological polar surface area (TPSA) is 92.6 Å². The first-order valence-electron chi connectivity index (χ1n) is 7.13. The number of pyridine rings is 1. The summed E-state index contributed by atoms with van der Waals surface area (Å²) in [5.41, 5.74) is 1.69. The Morgan fingerprint density at radius 2 is 2.12 bits per heavy atom. The minimum Gasteiger partial charge on any atom is -0.394 e. The Morgan fingerprint density at radius 3 is 2.73 bits per heavy atom. The Balaban J connectivity index is 2.51. The largest absolute Gasteiger partial charge is 0.394 e. The van der Waals surface area contributed by atoms with Crippen molar-refractivity contribution in [3.05, 3.63) is 54.6 Å². The zero-order valence-corrected chi connectivity index (χ0v) is 18.1. The lowest BCUT2D eigenvalue weighted by atomic mass is 10.2. The van der Waals surface area contributed by atoms with Gasteiger partial charge in [-0.3, -0.25) is 19.0 Å². The molecule has 0 aliphatic heterocycles. The van der Waals surface area contributed by atoms with Gasteiger partial charge in [0, 0.05) is 3.57 Å². The molecule has 0 atom stereocenters. The number of hydroxylamine groups is 1. The van der Waals surface area contributed by atoms with E-state index in [2.05, 4.69) is 10.8 Å². The number of aliphatic hydroxyl groups is 1. The summed E-state index contributed by atoms with van der Waals surface area (Å²) < 4.78 is 16.3. The van der Waals surface area contributed by atoms with Gasteiger partial charge in [-0.25, -0.2) is 9.87 Å². The summed E-state index contributed by atoms with van der Waals surface area (Å²) >= 11 is 9.83. The average molecular weight is 608 g/mol. The minimum atomic E-state index is -0.702. The summed E-state index contributed by atoms with van der Waals surface area (Å²) in [5, 5.41) is 11.3. The van der Waals surface area contributed by atoms with Crippen molar-refractivity contribution < 1.29 is 19.1 Å². The summed E-state index contributed by atoms with van der Waals surface area (Å²) in [6, 6.07) is 5.67. The number of carbonyl (C=O) groups excluding carboxylic acids is 1. The number of rotatable bonds is 7. The maximum Gasteiger partial charge on any atom is 0.278 e. The Labute approximate surface area is 180 Å². The van der Waals surface area contributed by atoms with Gasteiger partial charge in [0.1, 0.15) is 16.7 Å². The van der Waals surface area contributed by atoms with Gasteiger partial charge in [-0.05, 0) is 46.9 Å². The fourth-order valence-corrected chi connectivity index (χ4v) is 3.31. The second kappa shape index (κ2) is 9.82. The lowest BCUT2D eigenvalue weighted by Crippen LogP contribution is -2.30. The van der Waals surface area contributed by atoms with Crippen molar-refractivity contribution in [1.29, 1.82) is 0 Å². The van der Waals surface area contributed by atoms with Gasteiger partial charge >= 0.3 is 0 Å². The van der Waals surface area contributed by atoms with Gasteiger partial charge in [0.2, 0.25) is 0 Å². The van der Waals surface area contributed by atoms with Crippen LogP contribution in [-0.4, -0.2) is 28.8 Å². The van der Waals surface area contributed by atoms with Crippen LogP contribution in [0, 0.1) is 9.39 Å². The first-order valence-corrected chi connectivity index (χ1v) is 10.1. The number of nitrogens with one attached hydrogen (secondary N) is 2. The minimum absolute atomic E-state index is 0.0119. The molecule has 0 saturated carbocycles. The average Bonchev–Trinajstić information content (AvgIpc) is 2.60. The third-order valence-corrected chi connectivity index (χ3v) is 4.78. The fraction of sp³-hybridized carbons (Fsp3) is 0.200.